The average molecular weight is 399 g/mol. The number of hydrogen-bond donors (Lipinski definition) is 2. The smallest absolute Gasteiger partial charge is 0.326 e. The summed E-state index contributed by atoms with van der Waals surface area (Å²) in [6.07, 6.45) is 0.795. The summed E-state index contributed by atoms with van der Waals surface area (Å²) >= 11 is 8.98. The Hall–Kier alpha value is -1.12. The molecule has 21 heavy (non-hydrogen) atoms. The molecule has 1 aromatic carbocycles. The van der Waals surface area contributed by atoms with Crippen molar-refractivity contribution in [2.24, 2.45) is 0 Å². The van der Waals surface area contributed by atoms with Gasteiger partial charge in [0.2, 0.25) is 0 Å². The number of carbonyl (C=O) groups excluding carboxylic acids is 1. The molecule has 0 bridgehead atoms. The van der Waals surface area contributed by atoms with Crippen LogP contribution in [0, 0.1) is 0 Å². The summed E-state index contributed by atoms with van der Waals surface area (Å²) in [5.41, 5.74) is 0.181. The maximum absolute atomic E-state index is 12.0. The van der Waals surface area contributed by atoms with E-state index in [0.717, 1.165) is 6.26 Å². The first-order chi connectivity index (χ1) is 9.58. The highest BCUT2D eigenvalue weighted by Gasteiger charge is 2.22. The van der Waals surface area contributed by atoms with E-state index in [4.69, 9.17) is 16.7 Å². The highest BCUT2D eigenvalue weighted by molar-refractivity contribution is 9.10. The lowest BCUT2D eigenvalue weighted by Crippen LogP contribution is -2.41. The van der Waals surface area contributed by atoms with Gasteiger partial charge >= 0.3 is 5.97 Å². The Morgan fingerprint density at radius 2 is 2.00 bits per heavy atom. The van der Waals surface area contributed by atoms with Crippen LogP contribution in [0.25, 0.3) is 0 Å². The van der Waals surface area contributed by atoms with Crippen LogP contribution in [0.1, 0.15) is 16.8 Å². The summed E-state index contributed by atoms with van der Waals surface area (Å²) in [5, 5.41) is 11.6. The van der Waals surface area contributed by atoms with Crippen LogP contribution in [0.5, 0.6) is 0 Å². The monoisotopic (exact) mass is 397 g/mol. The number of nitrogens with one attached hydrogen (secondary N) is 1. The Balaban J connectivity index is 2.83. The number of amides is 1. The zero-order valence-electron chi connectivity index (χ0n) is 11.0. The van der Waals surface area contributed by atoms with E-state index in [1.54, 1.807) is 6.07 Å². The molecule has 1 aromatic rings. The molecule has 0 saturated heterocycles. The molecule has 9 heteroatoms. The summed E-state index contributed by atoms with van der Waals surface area (Å²) in [5.74, 6) is -2.27. The second-order valence-electron chi connectivity index (χ2n) is 4.44. The van der Waals surface area contributed by atoms with E-state index < -0.39 is 27.8 Å². The molecule has 0 aromatic heterocycles. The van der Waals surface area contributed by atoms with Gasteiger partial charge in [-0.1, -0.05) is 27.5 Å². The van der Waals surface area contributed by atoms with Gasteiger partial charge in [0, 0.05) is 21.3 Å². The van der Waals surface area contributed by atoms with Crippen LogP contribution < -0.4 is 5.32 Å². The fourth-order valence-electron chi connectivity index (χ4n) is 1.52. The first-order valence-corrected chi connectivity index (χ1v) is 8.99. The van der Waals surface area contributed by atoms with E-state index in [1.165, 1.54) is 12.1 Å². The molecule has 0 heterocycles. The molecule has 0 aliphatic rings. The van der Waals surface area contributed by atoms with Gasteiger partial charge in [-0.05, 0) is 24.6 Å². The lowest BCUT2D eigenvalue weighted by molar-refractivity contribution is -0.139. The number of halogens is 2. The summed E-state index contributed by atoms with van der Waals surface area (Å²) in [7, 11) is -3.31. The minimum atomic E-state index is -3.31. The molecular weight excluding hydrogens is 386 g/mol. The maximum atomic E-state index is 12.0. The van der Waals surface area contributed by atoms with Crippen molar-refractivity contribution in [3.05, 3.63) is 33.3 Å². The lowest BCUT2D eigenvalue weighted by atomic mass is 10.1. The molecule has 2 N–H and O–H groups in total. The number of carboxylic acids is 1. The molecule has 1 unspecified atom stereocenters. The van der Waals surface area contributed by atoms with Crippen LogP contribution in [0.3, 0.4) is 0 Å². The van der Waals surface area contributed by atoms with Gasteiger partial charge in [0.1, 0.15) is 15.9 Å². The molecule has 116 valence electrons. The zero-order valence-corrected chi connectivity index (χ0v) is 14.1. The molecule has 0 saturated carbocycles. The quantitative estimate of drug-likeness (QED) is 0.760. The van der Waals surface area contributed by atoms with Crippen molar-refractivity contribution >= 4 is 49.2 Å². The number of sulfone groups is 1. The SMILES string of the molecule is CS(=O)(=O)CCC(NC(=O)c1cc(Cl)cc(Br)c1)C(=O)O. The normalized spacial score (nSPS) is 12.7. The maximum Gasteiger partial charge on any atom is 0.326 e. The molecule has 0 radical (unpaired) electrons. The molecule has 0 fully saturated rings. The Morgan fingerprint density at radius 3 is 2.48 bits per heavy atom. The second kappa shape index (κ2) is 7.24. The summed E-state index contributed by atoms with van der Waals surface area (Å²) in [6.45, 7) is 0. The van der Waals surface area contributed by atoms with Gasteiger partial charge in [0.15, 0.2) is 0 Å². The van der Waals surface area contributed by atoms with E-state index >= 15 is 0 Å². The van der Waals surface area contributed by atoms with Crippen molar-refractivity contribution in [3.8, 4) is 0 Å². The van der Waals surface area contributed by atoms with Crippen LogP contribution in [0.2, 0.25) is 5.02 Å². The minimum Gasteiger partial charge on any atom is -0.480 e. The fourth-order valence-corrected chi connectivity index (χ4v) is 3.04. The number of carbonyl (C=O) groups is 2. The minimum absolute atomic E-state index is 0.181. The zero-order chi connectivity index (χ0) is 16.2. The Bertz CT molecular complexity index is 641. The first-order valence-electron chi connectivity index (χ1n) is 5.76. The summed E-state index contributed by atoms with van der Waals surface area (Å²) in [4.78, 5) is 23.1. The summed E-state index contributed by atoms with van der Waals surface area (Å²) < 4.78 is 22.7. The number of aliphatic carboxylic acids is 1. The number of rotatable bonds is 6. The highest BCUT2D eigenvalue weighted by atomic mass is 79.9. The van der Waals surface area contributed by atoms with Crippen molar-refractivity contribution in [2.75, 3.05) is 12.0 Å². The number of benzene rings is 1. The van der Waals surface area contributed by atoms with Crippen LogP contribution in [-0.2, 0) is 14.6 Å². The molecule has 1 atom stereocenters. The molecule has 0 aliphatic carbocycles. The Kier molecular flexibility index (Phi) is 6.18. The van der Waals surface area contributed by atoms with Crippen molar-refractivity contribution in [3.63, 3.8) is 0 Å². The van der Waals surface area contributed by atoms with E-state index in [-0.39, 0.29) is 17.7 Å². The van der Waals surface area contributed by atoms with E-state index in [9.17, 15) is 18.0 Å². The van der Waals surface area contributed by atoms with Crippen molar-refractivity contribution in [1.82, 2.24) is 5.32 Å². The lowest BCUT2D eigenvalue weighted by Gasteiger charge is -2.14. The van der Waals surface area contributed by atoms with E-state index in [1.807, 2.05) is 0 Å². The average Bonchev–Trinajstić information content (AvgIpc) is 2.31. The third-order valence-electron chi connectivity index (χ3n) is 2.51. The van der Waals surface area contributed by atoms with Crippen molar-refractivity contribution in [1.29, 1.82) is 0 Å². The number of carboxylic acid groups (broad SMARTS) is 1. The standard InChI is InChI=1S/C12H13BrClNO5S/c1-21(19,20)3-2-10(12(17)18)15-11(16)7-4-8(13)6-9(14)5-7/h4-6,10H,2-3H2,1H3,(H,15,16)(H,17,18). The van der Waals surface area contributed by atoms with E-state index in [2.05, 4.69) is 21.2 Å². The predicted octanol–water partition coefficient (Wildman–Crippen LogP) is 1.72. The van der Waals surface area contributed by atoms with E-state index in [0.29, 0.717) is 9.50 Å². The molecule has 1 amide bonds. The third-order valence-corrected chi connectivity index (χ3v) is 4.16. The van der Waals surface area contributed by atoms with Crippen LogP contribution >= 0.6 is 27.5 Å². The van der Waals surface area contributed by atoms with Crippen molar-refractivity contribution < 1.29 is 23.1 Å². The van der Waals surface area contributed by atoms with Crippen LogP contribution in [0.15, 0.2) is 22.7 Å². The molecular formula is C12H13BrClNO5S. The largest absolute Gasteiger partial charge is 0.480 e. The predicted molar refractivity (Wildman–Crippen MR) is 82.4 cm³/mol. The Labute approximate surface area is 135 Å². The Morgan fingerprint density at radius 1 is 1.38 bits per heavy atom. The van der Waals surface area contributed by atoms with Gasteiger partial charge in [-0.25, -0.2) is 13.2 Å². The van der Waals surface area contributed by atoms with Crippen LogP contribution in [0.4, 0.5) is 0 Å². The third kappa shape index (κ3) is 6.45. The first kappa shape index (κ1) is 17.9. The molecule has 0 aliphatic heterocycles. The molecule has 1 rings (SSSR count). The summed E-state index contributed by atoms with van der Waals surface area (Å²) in [6, 6.07) is 3.16. The van der Waals surface area contributed by atoms with Gasteiger partial charge < -0.3 is 10.4 Å². The van der Waals surface area contributed by atoms with Crippen LogP contribution in [-0.4, -0.2) is 43.5 Å². The fraction of sp³-hybridized carbons (Fsp3) is 0.333. The second-order valence-corrected chi connectivity index (χ2v) is 8.05. The molecule has 0 spiro atoms. The topological polar surface area (TPSA) is 101 Å². The van der Waals surface area contributed by atoms with Crippen molar-refractivity contribution in [2.45, 2.75) is 12.5 Å². The van der Waals surface area contributed by atoms with Gasteiger partial charge in [-0.2, -0.15) is 0 Å². The highest BCUT2D eigenvalue weighted by Crippen LogP contribution is 2.19. The number of hydrogen-bond acceptors (Lipinski definition) is 4. The van der Waals surface area contributed by atoms with Gasteiger partial charge in [0.05, 0.1) is 5.75 Å². The van der Waals surface area contributed by atoms with Gasteiger partial charge in [-0.3, -0.25) is 4.79 Å². The van der Waals surface area contributed by atoms with Gasteiger partial charge in [0.25, 0.3) is 5.91 Å². The molecule has 6 nitrogen and oxygen atoms in total. The van der Waals surface area contributed by atoms with Gasteiger partial charge in [-0.15, -0.1) is 0 Å².